The minimum Gasteiger partial charge on any atom is -0.491 e. The molecule has 0 saturated carbocycles. The maximum absolute atomic E-state index is 12.1. The van der Waals surface area contributed by atoms with E-state index in [0.717, 1.165) is 23.1 Å². The van der Waals surface area contributed by atoms with Crippen LogP contribution in [-0.4, -0.2) is 35.2 Å². The maximum Gasteiger partial charge on any atom is 0.293 e. The Labute approximate surface area is 128 Å². The molecule has 0 atom stereocenters. The number of hydrogen-bond donors (Lipinski definition) is 1. The second-order valence-corrected chi connectivity index (χ2v) is 5.85. The predicted molar refractivity (Wildman–Crippen MR) is 83.9 cm³/mol. The van der Waals surface area contributed by atoms with E-state index in [1.54, 1.807) is 6.08 Å². The fraction of sp³-hybridized carbons (Fsp3) is 0.333. The third kappa shape index (κ3) is 3.86. The molecule has 0 unspecified atom stereocenters. The van der Waals surface area contributed by atoms with Crippen molar-refractivity contribution in [1.29, 1.82) is 0 Å². The van der Waals surface area contributed by atoms with Crippen LogP contribution in [0.1, 0.15) is 19.4 Å². The van der Waals surface area contributed by atoms with Crippen molar-refractivity contribution in [2.45, 2.75) is 20.0 Å². The average Bonchev–Trinajstić information content (AvgIpc) is 2.66. The lowest BCUT2D eigenvalue weighted by Crippen LogP contribution is -2.33. The molecule has 1 aliphatic rings. The first-order chi connectivity index (χ1) is 10.0. The van der Waals surface area contributed by atoms with Crippen molar-refractivity contribution in [2.24, 2.45) is 5.73 Å². The number of imide groups is 1. The molecule has 1 heterocycles. The van der Waals surface area contributed by atoms with Crippen LogP contribution >= 0.6 is 11.8 Å². The molecule has 6 heteroatoms. The van der Waals surface area contributed by atoms with Gasteiger partial charge in [-0.15, -0.1) is 0 Å². The van der Waals surface area contributed by atoms with E-state index in [1.165, 1.54) is 4.90 Å². The van der Waals surface area contributed by atoms with Gasteiger partial charge in [-0.05, 0) is 49.4 Å². The summed E-state index contributed by atoms with van der Waals surface area (Å²) in [6.45, 7) is 4.41. The van der Waals surface area contributed by atoms with E-state index in [1.807, 2.05) is 38.1 Å². The Bertz CT molecular complexity index is 584. The molecule has 2 amide bonds. The summed E-state index contributed by atoms with van der Waals surface area (Å²) < 4.78 is 5.61. The minimum atomic E-state index is -0.286. The number of rotatable bonds is 5. The van der Waals surface area contributed by atoms with Crippen molar-refractivity contribution in [3.8, 4) is 5.75 Å². The zero-order valence-corrected chi connectivity index (χ0v) is 12.9. The van der Waals surface area contributed by atoms with Crippen LogP contribution in [0.3, 0.4) is 0 Å². The smallest absolute Gasteiger partial charge is 0.293 e. The van der Waals surface area contributed by atoms with E-state index in [2.05, 4.69) is 0 Å². The fourth-order valence-electron chi connectivity index (χ4n) is 1.92. The van der Waals surface area contributed by atoms with Gasteiger partial charge in [-0.3, -0.25) is 14.5 Å². The van der Waals surface area contributed by atoms with Crippen LogP contribution in [0.25, 0.3) is 6.08 Å². The first-order valence-electron chi connectivity index (χ1n) is 6.73. The molecule has 1 aromatic carbocycles. The van der Waals surface area contributed by atoms with Gasteiger partial charge in [-0.2, -0.15) is 0 Å². The van der Waals surface area contributed by atoms with Gasteiger partial charge in [0.2, 0.25) is 0 Å². The molecule has 2 N–H and O–H groups in total. The number of hydrogen-bond acceptors (Lipinski definition) is 5. The Morgan fingerprint density at radius 3 is 2.81 bits per heavy atom. The van der Waals surface area contributed by atoms with Gasteiger partial charge < -0.3 is 10.5 Å². The highest BCUT2D eigenvalue weighted by atomic mass is 32.2. The predicted octanol–water partition coefficient (Wildman–Crippen LogP) is 2.47. The molecule has 2 rings (SSSR count). The molecule has 0 spiro atoms. The second-order valence-electron chi connectivity index (χ2n) is 4.86. The molecule has 1 aromatic rings. The standard InChI is InChI=1S/C15H18N2O3S/c1-10(2)20-12-5-3-4-11(8-12)9-13-14(18)17(7-6-16)15(19)21-13/h3-5,8-10H,6-7,16H2,1-2H3/b13-9-. The lowest BCUT2D eigenvalue weighted by Gasteiger charge is -2.10. The Morgan fingerprint density at radius 2 is 2.14 bits per heavy atom. The molecule has 1 aliphatic heterocycles. The molecule has 0 aliphatic carbocycles. The van der Waals surface area contributed by atoms with Crippen LogP contribution in [-0.2, 0) is 4.79 Å². The van der Waals surface area contributed by atoms with Crippen LogP contribution < -0.4 is 10.5 Å². The second kappa shape index (κ2) is 6.78. The van der Waals surface area contributed by atoms with Crippen LogP contribution in [0.5, 0.6) is 5.75 Å². The van der Waals surface area contributed by atoms with Crippen molar-refractivity contribution in [3.63, 3.8) is 0 Å². The highest BCUT2D eigenvalue weighted by Crippen LogP contribution is 2.32. The molecule has 1 saturated heterocycles. The molecule has 0 bridgehead atoms. The molecule has 0 aromatic heterocycles. The quantitative estimate of drug-likeness (QED) is 0.846. The number of amides is 2. The summed E-state index contributed by atoms with van der Waals surface area (Å²) in [6.07, 6.45) is 1.78. The Morgan fingerprint density at radius 1 is 1.38 bits per heavy atom. The van der Waals surface area contributed by atoms with E-state index >= 15 is 0 Å². The van der Waals surface area contributed by atoms with Gasteiger partial charge in [0.1, 0.15) is 5.75 Å². The maximum atomic E-state index is 12.1. The summed E-state index contributed by atoms with van der Waals surface area (Å²) in [5.41, 5.74) is 6.23. The number of nitrogens with two attached hydrogens (primary N) is 1. The lowest BCUT2D eigenvalue weighted by molar-refractivity contribution is -0.122. The SMILES string of the molecule is CC(C)Oc1cccc(/C=C2\SC(=O)N(CCN)C2=O)c1. The molecule has 21 heavy (non-hydrogen) atoms. The Hall–Kier alpha value is -1.79. The van der Waals surface area contributed by atoms with Crippen LogP contribution in [0.4, 0.5) is 4.79 Å². The van der Waals surface area contributed by atoms with Gasteiger partial charge in [0.15, 0.2) is 0 Å². The van der Waals surface area contributed by atoms with Crippen LogP contribution in [0.2, 0.25) is 0 Å². The summed E-state index contributed by atoms with van der Waals surface area (Å²) in [5, 5.41) is -0.272. The first kappa shape index (κ1) is 15.6. The summed E-state index contributed by atoms with van der Waals surface area (Å²) in [5.74, 6) is 0.450. The lowest BCUT2D eigenvalue weighted by atomic mass is 10.2. The topological polar surface area (TPSA) is 72.6 Å². The normalized spacial score (nSPS) is 17.1. The van der Waals surface area contributed by atoms with Crippen molar-refractivity contribution in [1.82, 2.24) is 4.90 Å². The number of benzene rings is 1. The first-order valence-corrected chi connectivity index (χ1v) is 7.55. The third-order valence-corrected chi connectivity index (χ3v) is 3.66. The zero-order chi connectivity index (χ0) is 15.4. The van der Waals surface area contributed by atoms with Crippen molar-refractivity contribution < 1.29 is 14.3 Å². The molecular formula is C15H18N2O3S. The summed E-state index contributed by atoms with van der Waals surface area (Å²) in [4.78, 5) is 25.4. The van der Waals surface area contributed by atoms with Crippen LogP contribution in [0, 0.1) is 0 Å². The van der Waals surface area contributed by atoms with Crippen molar-refractivity contribution >= 4 is 29.0 Å². The summed E-state index contributed by atoms with van der Waals surface area (Å²) in [7, 11) is 0. The molecular weight excluding hydrogens is 288 g/mol. The number of carbonyl (C=O) groups is 2. The Kier molecular flexibility index (Phi) is 5.03. The van der Waals surface area contributed by atoms with Gasteiger partial charge >= 0.3 is 0 Å². The van der Waals surface area contributed by atoms with Gasteiger partial charge in [-0.1, -0.05) is 12.1 Å². The number of carbonyl (C=O) groups excluding carboxylic acids is 2. The summed E-state index contributed by atoms with van der Waals surface area (Å²) >= 11 is 0.939. The van der Waals surface area contributed by atoms with E-state index in [0.29, 0.717) is 4.91 Å². The van der Waals surface area contributed by atoms with Gasteiger partial charge in [-0.25, -0.2) is 0 Å². The zero-order valence-electron chi connectivity index (χ0n) is 12.0. The van der Waals surface area contributed by atoms with Crippen LogP contribution in [0.15, 0.2) is 29.2 Å². The fourth-order valence-corrected chi connectivity index (χ4v) is 2.79. The summed E-state index contributed by atoms with van der Waals surface area (Å²) in [6, 6.07) is 7.42. The monoisotopic (exact) mass is 306 g/mol. The highest BCUT2D eigenvalue weighted by Gasteiger charge is 2.34. The third-order valence-electron chi connectivity index (χ3n) is 2.75. The molecule has 0 radical (unpaired) electrons. The molecule has 112 valence electrons. The number of ether oxygens (including phenoxy) is 1. The molecule has 5 nitrogen and oxygen atoms in total. The number of nitrogens with zero attached hydrogens (tertiary/aromatic N) is 1. The van der Waals surface area contributed by atoms with Gasteiger partial charge in [0.05, 0.1) is 11.0 Å². The van der Waals surface area contributed by atoms with E-state index in [-0.39, 0.29) is 30.3 Å². The van der Waals surface area contributed by atoms with Crippen molar-refractivity contribution in [2.75, 3.05) is 13.1 Å². The number of thioether (sulfide) groups is 1. The van der Waals surface area contributed by atoms with E-state index in [4.69, 9.17) is 10.5 Å². The average molecular weight is 306 g/mol. The van der Waals surface area contributed by atoms with E-state index in [9.17, 15) is 9.59 Å². The Balaban J connectivity index is 2.20. The minimum absolute atomic E-state index is 0.0806. The van der Waals surface area contributed by atoms with Gasteiger partial charge in [0, 0.05) is 13.1 Å². The van der Waals surface area contributed by atoms with Gasteiger partial charge in [0.25, 0.3) is 11.1 Å². The largest absolute Gasteiger partial charge is 0.491 e. The van der Waals surface area contributed by atoms with E-state index < -0.39 is 0 Å². The molecule has 1 fully saturated rings. The highest BCUT2D eigenvalue weighted by molar-refractivity contribution is 8.18. The van der Waals surface area contributed by atoms with Crippen molar-refractivity contribution in [3.05, 3.63) is 34.7 Å².